The highest BCUT2D eigenvalue weighted by Crippen LogP contribution is 2.28. The molecule has 0 unspecified atom stereocenters. The summed E-state index contributed by atoms with van der Waals surface area (Å²) >= 11 is 9.15. The average molecular weight is 404 g/mol. The second-order valence-electron chi connectivity index (χ2n) is 4.58. The molecule has 1 saturated heterocycles. The molecule has 0 aromatic heterocycles. The predicted octanol–water partition coefficient (Wildman–Crippen LogP) is 2.90. The summed E-state index contributed by atoms with van der Waals surface area (Å²) in [6, 6.07) is 4.74. The van der Waals surface area contributed by atoms with Crippen molar-refractivity contribution >= 4 is 50.0 Å². The van der Waals surface area contributed by atoms with Gasteiger partial charge in [-0.1, -0.05) is 11.6 Å². The minimum atomic E-state index is -3.46. The summed E-state index contributed by atoms with van der Waals surface area (Å²) < 4.78 is 27.1. The average Bonchev–Trinajstić information content (AvgIpc) is 2.41. The monoisotopic (exact) mass is 402 g/mol. The fraction of sp³-hybridized carbons (Fsp3) is 0.500. The molecule has 1 aliphatic heterocycles. The van der Waals surface area contributed by atoms with Crippen LogP contribution >= 0.6 is 39.9 Å². The van der Waals surface area contributed by atoms with Gasteiger partial charge in [-0.2, -0.15) is 4.31 Å². The van der Waals surface area contributed by atoms with Crippen LogP contribution < -0.4 is 5.32 Å². The molecule has 4 nitrogen and oxygen atoms in total. The van der Waals surface area contributed by atoms with E-state index in [4.69, 9.17) is 11.6 Å². The maximum atomic E-state index is 12.5. The van der Waals surface area contributed by atoms with Gasteiger partial charge in [-0.3, -0.25) is 0 Å². The lowest BCUT2D eigenvalue weighted by atomic mass is 10.1. The molecule has 1 N–H and O–H groups in total. The number of nitrogens with one attached hydrogen (secondary N) is 1. The van der Waals surface area contributed by atoms with Gasteiger partial charge in [-0.25, -0.2) is 8.42 Å². The molecule has 0 aliphatic carbocycles. The van der Waals surface area contributed by atoms with Crippen molar-refractivity contribution in [3.8, 4) is 0 Å². The van der Waals surface area contributed by atoms with E-state index in [2.05, 4.69) is 21.2 Å². The second kappa shape index (κ2) is 7.42. The van der Waals surface area contributed by atoms with Crippen molar-refractivity contribution in [2.75, 3.05) is 20.1 Å². The minimum Gasteiger partial charge on any atom is -0.317 e. The van der Waals surface area contributed by atoms with Crippen LogP contribution in [0.1, 0.15) is 12.8 Å². The van der Waals surface area contributed by atoms with Gasteiger partial charge in [-0.05, 0) is 60.1 Å². The van der Waals surface area contributed by atoms with Gasteiger partial charge in [0.1, 0.15) is 0 Å². The van der Waals surface area contributed by atoms with E-state index in [1.54, 1.807) is 25.2 Å². The van der Waals surface area contributed by atoms with Gasteiger partial charge in [0.25, 0.3) is 0 Å². The number of halogens is 3. The largest absolute Gasteiger partial charge is 0.317 e. The zero-order valence-electron chi connectivity index (χ0n) is 11.0. The molecular formula is C12H17BrCl2N2O2S. The number of benzene rings is 1. The Kier molecular flexibility index (Phi) is 6.76. The van der Waals surface area contributed by atoms with E-state index < -0.39 is 10.0 Å². The lowest BCUT2D eigenvalue weighted by Crippen LogP contribution is -2.43. The highest BCUT2D eigenvalue weighted by Gasteiger charge is 2.29. The van der Waals surface area contributed by atoms with E-state index in [0.29, 0.717) is 9.50 Å². The molecule has 0 spiro atoms. The molecular weight excluding hydrogens is 387 g/mol. The van der Waals surface area contributed by atoms with Crippen molar-refractivity contribution in [2.24, 2.45) is 0 Å². The zero-order chi connectivity index (χ0) is 14.0. The number of nitrogens with zero attached hydrogens (tertiary/aromatic N) is 1. The molecule has 0 saturated carbocycles. The fourth-order valence-electron chi connectivity index (χ4n) is 2.17. The quantitative estimate of drug-likeness (QED) is 0.843. The van der Waals surface area contributed by atoms with Gasteiger partial charge in [-0.15, -0.1) is 12.4 Å². The van der Waals surface area contributed by atoms with Gasteiger partial charge in [0, 0.05) is 17.6 Å². The van der Waals surface area contributed by atoms with Crippen molar-refractivity contribution in [3.63, 3.8) is 0 Å². The van der Waals surface area contributed by atoms with Crippen molar-refractivity contribution in [1.29, 1.82) is 0 Å². The van der Waals surface area contributed by atoms with Crippen molar-refractivity contribution in [2.45, 2.75) is 23.8 Å². The van der Waals surface area contributed by atoms with E-state index in [9.17, 15) is 8.42 Å². The normalized spacial score (nSPS) is 17.0. The van der Waals surface area contributed by atoms with Crippen LogP contribution in [0.25, 0.3) is 0 Å². The van der Waals surface area contributed by atoms with Crippen LogP contribution in [-0.2, 0) is 10.0 Å². The summed E-state index contributed by atoms with van der Waals surface area (Å²) in [7, 11) is -1.81. The summed E-state index contributed by atoms with van der Waals surface area (Å²) in [6.07, 6.45) is 1.68. The van der Waals surface area contributed by atoms with Crippen LogP contribution in [0, 0.1) is 0 Å². The third-order valence-corrected chi connectivity index (χ3v) is 6.51. The molecule has 0 amide bonds. The lowest BCUT2D eigenvalue weighted by molar-refractivity contribution is 0.296. The van der Waals surface area contributed by atoms with Gasteiger partial charge in [0.2, 0.25) is 10.0 Å². The molecule has 0 bridgehead atoms. The Hall–Kier alpha value is 0.150. The maximum absolute atomic E-state index is 12.5. The molecule has 1 aliphatic rings. The Labute approximate surface area is 139 Å². The third kappa shape index (κ3) is 3.87. The van der Waals surface area contributed by atoms with Crippen molar-refractivity contribution in [3.05, 3.63) is 27.7 Å². The molecule has 1 heterocycles. The minimum absolute atomic E-state index is 0. The molecule has 0 radical (unpaired) electrons. The van der Waals surface area contributed by atoms with Crippen LogP contribution in [0.15, 0.2) is 27.6 Å². The molecule has 1 fully saturated rings. The van der Waals surface area contributed by atoms with Gasteiger partial charge in [0.05, 0.1) is 9.92 Å². The number of sulfonamides is 1. The molecule has 1 aromatic rings. The Balaban J connectivity index is 0.00000200. The van der Waals surface area contributed by atoms with E-state index in [0.717, 1.165) is 25.9 Å². The van der Waals surface area contributed by atoms with E-state index >= 15 is 0 Å². The van der Waals surface area contributed by atoms with Crippen LogP contribution in [0.3, 0.4) is 0 Å². The second-order valence-corrected chi connectivity index (χ2v) is 7.84. The summed E-state index contributed by atoms with van der Waals surface area (Å²) in [5, 5.41) is 3.73. The maximum Gasteiger partial charge on any atom is 0.243 e. The molecule has 0 atom stereocenters. The number of hydrogen-bond acceptors (Lipinski definition) is 3. The Morgan fingerprint density at radius 1 is 1.35 bits per heavy atom. The lowest BCUT2D eigenvalue weighted by Gasteiger charge is -2.30. The molecule has 20 heavy (non-hydrogen) atoms. The standard InChI is InChI=1S/C12H16BrClN2O2S.ClH/c1-16(9-4-6-15-7-5-9)19(17,18)10-2-3-12(14)11(13)8-10;/h2-3,8-9,15H,4-7H2,1H3;1H. The zero-order valence-corrected chi connectivity index (χ0v) is 14.9. The smallest absolute Gasteiger partial charge is 0.243 e. The van der Waals surface area contributed by atoms with Crippen LogP contribution in [0.5, 0.6) is 0 Å². The summed E-state index contributed by atoms with van der Waals surface area (Å²) in [5.74, 6) is 0. The summed E-state index contributed by atoms with van der Waals surface area (Å²) in [4.78, 5) is 0.268. The highest BCUT2D eigenvalue weighted by atomic mass is 79.9. The summed E-state index contributed by atoms with van der Waals surface area (Å²) in [5.41, 5.74) is 0. The molecule has 114 valence electrons. The van der Waals surface area contributed by atoms with Gasteiger partial charge in [0.15, 0.2) is 0 Å². The van der Waals surface area contributed by atoms with Crippen molar-refractivity contribution in [1.82, 2.24) is 9.62 Å². The van der Waals surface area contributed by atoms with E-state index in [1.165, 1.54) is 4.31 Å². The first-order valence-electron chi connectivity index (χ1n) is 6.07. The number of rotatable bonds is 3. The first-order valence-corrected chi connectivity index (χ1v) is 8.68. The third-order valence-electron chi connectivity index (χ3n) is 3.39. The summed E-state index contributed by atoms with van der Waals surface area (Å²) in [6.45, 7) is 1.71. The fourth-order valence-corrected chi connectivity index (χ4v) is 4.26. The van der Waals surface area contributed by atoms with Crippen LogP contribution in [0.4, 0.5) is 0 Å². The van der Waals surface area contributed by atoms with E-state index in [-0.39, 0.29) is 23.3 Å². The Morgan fingerprint density at radius 2 is 1.95 bits per heavy atom. The van der Waals surface area contributed by atoms with E-state index in [1.807, 2.05) is 0 Å². The number of piperidine rings is 1. The molecule has 8 heteroatoms. The SMILES string of the molecule is CN(C1CCNCC1)S(=O)(=O)c1ccc(Cl)c(Br)c1.Cl. The topological polar surface area (TPSA) is 49.4 Å². The molecule has 1 aromatic carbocycles. The predicted molar refractivity (Wildman–Crippen MR) is 87.2 cm³/mol. The van der Waals surface area contributed by atoms with Crippen LogP contribution in [-0.4, -0.2) is 38.9 Å². The van der Waals surface area contributed by atoms with Crippen molar-refractivity contribution < 1.29 is 8.42 Å². The van der Waals surface area contributed by atoms with Gasteiger partial charge >= 0.3 is 0 Å². The first-order chi connectivity index (χ1) is 8.93. The Morgan fingerprint density at radius 3 is 2.50 bits per heavy atom. The highest BCUT2D eigenvalue weighted by molar-refractivity contribution is 9.10. The van der Waals surface area contributed by atoms with Gasteiger partial charge < -0.3 is 5.32 Å². The number of hydrogen-bond donors (Lipinski definition) is 1. The molecule has 2 rings (SSSR count). The first kappa shape index (κ1) is 18.2. The Bertz CT molecular complexity index is 563. The van der Waals surface area contributed by atoms with Crippen LogP contribution in [0.2, 0.25) is 5.02 Å².